The molecule has 0 bridgehead atoms. The number of hydrogen-bond donors (Lipinski definition) is 2. The molecule has 1 aromatic heterocycles. The maximum atomic E-state index is 12.7. The zero-order valence-corrected chi connectivity index (χ0v) is 19.1. The Hall–Kier alpha value is -2.85. The number of nitrogens with zero attached hydrogens (tertiary/aromatic N) is 3. The third kappa shape index (κ3) is 5.65. The molecule has 0 aliphatic heterocycles. The van der Waals surface area contributed by atoms with Crippen LogP contribution in [0.1, 0.15) is 24.7 Å². The Morgan fingerprint density at radius 1 is 1.13 bits per heavy atom. The molecule has 164 valence electrons. The van der Waals surface area contributed by atoms with Crippen LogP contribution in [0.2, 0.25) is 0 Å². The molecule has 2 aromatic carbocycles. The van der Waals surface area contributed by atoms with Crippen LogP contribution in [0, 0.1) is 6.92 Å². The molecule has 0 saturated carbocycles. The van der Waals surface area contributed by atoms with E-state index in [2.05, 4.69) is 15.5 Å². The predicted octanol–water partition coefficient (Wildman–Crippen LogP) is 3.31. The van der Waals surface area contributed by atoms with Crippen molar-refractivity contribution in [2.75, 3.05) is 5.32 Å². The van der Waals surface area contributed by atoms with Crippen LogP contribution in [0.4, 0.5) is 5.69 Å². The molecule has 1 amide bonds. The Kier molecular flexibility index (Phi) is 7.01. The highest BCUT2D eigenvalue weighted by Crippen LogP contribution is 2.26. The van der Waals surface area contributed by atoms with Gasteiger partial charge in [-0.3, -0.25) is 4.79 Å². The van der Waals surface area contributed by atoms with Crippen LogP contribution in [0.3, 0.4) is 0 Å². The largest absolute Gasteiger partial charge is 0.508 e. The number of benzene rings is 2. The summed E-state index contributed by atoms with van der Waals surface area (Å²) >= 11 is 1.22. The van der Waals surface area contributed by atoms with Crippen molar-refractivity contribution in [1.29, 1.82) is 0 Å². The molecule has 3 rings (SSSR count). The molecular weight excluding hydrogens is 436 g/mol. The third-order valence-electron chi connectivity index (χ3n) is 4.67. The van der Waals surface area contributed by atoms with Crippen molar-refractivity contribution in [3.8, 4) is 5.75 Å². The SMILES string of the molecule is CCC(Sc1nnc(CS(=O)(=O)c2ccc(C)cc2)n1C)C(=O)Nc1ccc(O)cc1. The molecule has 10 heteroatoms. The number of aryl methyl sites for hydroxylation is 1. The van der Waals surface area contributed by atoms with Crippen molar-refractivity contribution in [2.45, 2.75) is 41.3 Å². The normalized spacial score (nSPS) is 12.5. The first-order valence-electron chi connectivity index (χ1n) is 9.64. The van der Waals surface area contributed by atoms with Crippen molar-refractivity contribution in [3.63, 3.8) is 0 Å². The minimum atomic E-state index is -3.57. The lowest BCUT2D eigenvalue weighted by atomic mass is 10.2. The number of carbonyl (C=O) groups is 1. The summed E-state index contributed by atoms with van der Waals surface area (Å²) in [5, 5.41) is 20.3. The van der Waals surface area contributed by atoms with Gasteiger partial charge in [0.05, 0.1) is 10.1 Å². The number of aromatic hydroxyl groups is 1. The van der Waals surface area contributed by atoms with Crippen molar-refractivity contribution >= 4 is 33.2 Å². The van der Waals surface area contributed by atoms with E-state index in [0.29, 0.717) is 23.1 Å². The Balaban J connectivity index is 1.71. The van der Waals surface area contributed by atoms with E-state index >= 15 is 0 Å². The number of nitrogens with one attached hydrogen (secondary N) is 1. The molecule has 0 fully saturated rings. The van der Waals surface area contributed by atoms with Gasteiger partial charge in [0.25, 0.3) is 0 Å². The highest BCUT2D eigenvalue weighted by Gasteiger charge is 2.24. The Bertz CT molecular complexity index is 1160. The van der Waals surface area contributed by atoms with Crippen molar-refractivity contribution in [3.05, 3.63) is 59.9 Å². The molecule has 0 spiro atoms. The van der Waals surface area contributed by atoms with Gasteiger partial charge in [-0.1, -0.05) is 36.4 Å². The minimum absolute atomic E-state index is 0.117. The van der Waals surface area contributed by atoms with Crippen LogP contribution >= 0.6 is 11.8 Å². The number of aromatic nitrogens is 3. The van der Waals surface area contributed by atoms with Crippen LogP contribution < -0.4 is 5.32 Å². The van der Waals surface area contributed by atoms with Crippen LogP contribution in [-0.4, -0.2) is 39.4 Å². The monoisotopic (exact) mass is 460 g/mol. The molecule has 1 atom stereocenters. The molecule has 31 heavy (non-hydrogen) atoms. The first kappa shape index (κ1) is 22.8. The van der Waals surface area contributed by atoms with E-state index in [1.54, 1.807) is 48.0 Å². The van der Waals surface area contributed by atoms with Gasteiger partial charge in [-0.2, -0.15) is 0 Å². The summed E-state index contributed by atoms with van der Waals surface area (Å²) in [6.07, 6.45) is 0.540. The van der Waals surface area contributed by atoms with Gasteiger partial charge in [0.1, 0.15) is 17.3 Å². The Labute approximate surface area is 185 Å². The lowest BCUT2D eigenvalue weighted by molar-refractivity contribution is -0.115. The Morgan fingerprint density at radius 2 is 1.77 bits per heavy atom. The lowest BCUT2D eigenvalue weighted by Gasteiger charge is -2.14. The van der Waals surface area contributed by atoms with Gasteiger partial charge in [-0.05, 0) is 49.7 Å². The summed E-state index contributed by atoms with van der Waals surface area (Å²) in [5.74, 6) is -0.0742. The number of carbonyl (C=O) groups excluding carboxylic acids is 1. The Morgan fingerprint density at radius 3 is 2.39 bits per heavy atom. The summed E-state index contributed by atoms with van der Waals surface area (Å²) in [5.41, 5.74) is 1.55. The van der Waals surface area contributed by atoms with E-state index in [1.807, 2.05) is 13.8 Å². The molecule has 1 unspecified atom stereocenters. The van der Waals surface area contributed by atoms with E-state index in [0.717, 1.165) is 5.56 Å². The average molecular weight is 461 g/mol. The molecule has 8 nitrogen and oxygen atoms in total. The quantitative estimate of drug-likeness (QED) is 0.391. The highest BCUT2D eigenvalue weighted by atomic mass is 32.2. The molecule has 2 N–H and O–H groups in total. The first-order valence-corrected chi connectivity index (χ1v) is 12.2. The molecule has 0 aliphatic carbocycles. The zero-order valence-electron chi connectivity index (χ0n) is 17.4. The molecule has 0 aliphatic rings. The number of thioether (sulfide) groups is 1. The molecular formula is C21H24N4O4S2. The van der Waals surface area contributed by atoms with Gasteiger partial charge in [-0.25, -0.2) is 8.42 Å². The fourth-order valence-corrected chi connectivity index (χ4v) is 5.04. The maximum absolute atomic E-state index is 12.7. The highest BCUT2D eigenvalue weighted by molar-refractivity contribution is 8.00. The first-order chi connectivity index (χ1) is 14.7. The van der Waals surface area contributed by atoms with E-state index in [4.69, 9.17) is 0 Å². The molecule has 3 aromatic rings. The van der Waals surface area contributed by atoms with Gasteiger partial charge < -0.3 is 15.0 Å². The second kappa shape index (κ2) is 9.52. The standard InChI is InChI=1S/C21H24N4O4S2/c1-4-18(20(27)22-15-7-9-16(26)10-8-15)30-21-24-23-19(25(21)3)13-31(28,29)17-11-5-14(2)6-12-17/h5-12,18,26H,4,13H2,1-3H3,(H,22,27). The van der Waals surface area contributed by atoms with Crippen molar-refractivity contribution in [1.82, 2.24) is 14.8 Å². The second-order valence-corrected chi connectivity index (χ2v) is 10.2. The number of sulfone groups is 1. The lowest BCUT2D eigenvalue weighted by Crippen LogP contribution is -2.25. The number of rotatable bonds is 8. The average Bonchev–Trinajstić information content (AvgIpc) is 3.06. The smallest absolute Gasteiger partial charge is 0.237 e. The number of anilines is 1. The zero-order chi connectivity index (χ0) is 22.6. The predicted molar refractivity (Wildman–Crippen MR) is 120 cm³/mol. The number of hydrogen-bond acceptors (Lipinski definition) is 7. The third-order valence-corrected chi connectivity index (χ3v) is 7.70. The molecule has 0 radical (unpaired) electrons. The second-order valence-electron chi connectivity index (χ2n) is 7.08. The van der Waals surface area contributed by atoms with Crippen molar-refractivity contribution < 1.29 is 18.3 Å². The van der Waals surface area contributed by atoms with Gasteiger partial charge in [0.2, 0.25) is 5.91 Å². The maximum Gasteiger partial charge on any atom is 0.237 e. The summed E-state index contributed by atoms with van der Waals surface area (Å²) in [4.78, 5) is 12.9. The van der Waals surface area contributed by atoms with E-state index in [9.17, 15) is 18.3 Å². The van der Waals surface area contributed by atoms with E-state index in [1.165, 1.54) is 23.9 Å². The minimum Gasteiger partial charge on any atom is -0.508 e. The van der Waals surface area contributed by atoms with E-state index < -0.39 is 15.1 Å². The molecule has 0 saturated heterocycles. The van der Waals surface area contributed by atoms with E-state index in [-0.39, 0.29) is 22.3 Å². The van der Waals surface area contributed by atoms with Crippen molar-refractivity contribution in [2.24, 2.45) is 7.05 Å². The fraction of sp³-hybridized carbons (Fsp3) is 0.286. The molecule has 1 heterocycles. The van der Waals surface area contributed by atoms with Gasteiger partial charge in [0.15, 0.2) is 15.0 Å². The topological polar surface area (TPSA) is 114 Å². The summed E-state index contributed by atoms with van der Waals surface area (Å²) in [6.45, 7) is 3.78. The summed E-state index contributed by atoms with van der Waals surface area (Å²) in [6, 6.07) is 12.9. The van der Waals surface area contributed by atoms with Crippen LogP contribution in [-0.2, 0) is 27.4 Å². The number of phenolic OH excluding ortho intramolecular Hbond substituents is 1. The summed E-state index contributed by atoms with van der Waals surface area (Å²) < 4.78 is 27.0. The van der Waals surface area contributed by atoms with Crippen LogP contribution in [0.5, 0.6) is 5.75 Å². The number of amides is 1. The van der Waals surface area contributed by atoms with Gasteiger partial charge in [0, 0.05) is 12.7 Å². The van der Waals surface area contributed by atoms with Crippen LogP contribution in [0.15, 0.2) is 58.6 Å². The number of phenols is 1. The summed E-state index contributed by atoms with van der Waals surface area (Å²) in [7, 11) is -1.88. The van der Waals surface area contributed by atoms with Gasteiger partial charge in [-0.15, -0.1) is 10.2 Å². The van der Waals surface area contributed by atoms with Crippen LogP contribution in [0.25, 0.3) is 0 Å². The fourth-order valence-electron chi connectivity index (χ4n) is 2.79. The van der Waals surface area contributed by atoms with Gasteiger partial charge >= 0.3 is 0 Å².